The van der Waals surface area contributed by atoms with E-state index in [0.29, 0.717) is 0 Å². The summed E-state index contributed by atoms with van der Waals surface area (Å²) in [6.45, 7) is 5.74. The maximum absolute atomic E-state index is 12.3. The van der Waals surface area contributed by atoms with Crippen LogP contribution in [0.15, 0.2) is 16.3 Å². The number of hydrogen-bond donors (Lipinski definition) is 1. The molecule has 1 fully saturated rings. The average Bonchev–Trinajstić information content (AvgIpc) is 2.83. The number of rotatable bonds is 4. The van der Waals surface area contributed by atoms with Crippen molar-refractivity contribution < 1.29 is 4.79 Å². The highest BCUT2D eigenvalue weighted by atomic mass is 32.1. The summed E-state index contributed by atoms with van der Waals surface area (Å²) in [5.41, 5.74) is 0. The number of carbonyl (C=O) groups excluding carboxylic acids is 1. The van der Waals surface area contributed by atoms with E-state index < -0.39 is 0 Å². The minimum atomic E-state index is 0.151. The Morgan fingerprint density at radius 3 is 2.58 bits per heavy atom. The number of amides is 1. The lowest BCUT2D eigenvalue weighted by atomic mass is 10.3. The molecule has 1 saturated heterocycles. The summed E-state index contributed by atoms with van der Waals surface area (Å²) in [7, 11) is 4.18. The average molecular weight is 299 g/mol. The molecule has 1 aromatic heterocycles. The second kappa shape index (κ2) is 6.74. The van der Waals surface area contributed by atoms with Gasteiger partial charge in [-0.3, -0.25) is 9.69 Å². The highest BCUT2D eigenvalue weighted by molar-refractivity contribution is 7.80. The predicted octanol–water partition coefficient (Wildman–Crippen LogP) is 1.36. The molecule has 0 unspecified atom stereocenters. The van der Waals surface area contributed by atoms with E-state index in [1.807, 2.05) is 16.3 Å². The van der Waals surface area contributed by atoms with Gasteiger partial charge in [-0.1, -0.05) is 0 Å². The van der Waals surface area contributed by atoms with Gasteiger partial charge in [-0.25, -0.2) is 0 Å². The summed E-state index contributed by atoms with van der Waals surface area (Å²) < 4.78 is 0. The highest BCUT2D eigenvalue weighted by Gasteiger charge is 2.22. The van der Waals surface area contributed by atoms with Crippen LogP contribution in [0, 0.1) is 0 Å². The van der Waals surface area contributed by atoms with Crippen molar-refractivity contribution in [2.75, 3.05) is 53.4 Å². The number of carbonyl (C=O) groups is 1. The molecule has 0 atom stereocenters. The summed E-state index contributed by atoms with van der Waals surface area (Å²) in [4.78, 5) is 20.5. The van der Waals surface area contributed by atoms with Gasteiger partial charge < -0.3 is 9.80 Å². The first kappa shape index (κ1) is 14.8. The summed E-state index contributed by atoms with van der Waals surface area (Å²) in [5.74, 6) is 0.151. The van der Waals surface area contributed by atoms with Crippen LogP contribution in [0.3, 0.4) is 0 Å². The number of nitrogens with zero attached hydrogens (tertiary/aromatic N) is 3. The molecule has 4 nitrogen and oxygen atoms in total. The Bertz CT molecular complexity index is 425. The molecular weight excluding hydrogens is 278 g/mol. The fraction of sp³-hybridized carbons (Fsp3) is 0.615. The zero-order valence-corrected chi connectivity index (χ0v) is 13.2. The molecule has 2 rings (SSSR count). The van der Waals surface area contributed by atoms with Crippen LogP contribution >= 0.6 is 24.0 Å². The zero-order chi connectivity index (χ0) is 13.8. The van der Waals surface area contributed by atoms with Crippen molar-refractivity contribution >= 4 is 29.9 Å². The zero-order valence-electron chi connectivity index (χ0n) is 11.5. The fourth-order valence-electron chi connectivity index (χ4n) is 2.11. The van der Waals surface area contributed by atoms with E-state index in [9.17, 15) is 4.79 Å². The Labute approximate surface area is 124 Å². The third kappa shape index (κ3) is 4.21. The van der Waals surface area contributed by atoms with Crippen LogP contribution < -0.4 is 0 Å². The summed E-state index contributed by atoms with van der Waals surface area (Å²) in [6, 6.07) is 1.86. The molecule has 1 aliphatic rings. The highest BCUT2D eigenvalue weighted by Crippen LogP contribution is 2.20. The van der Waals surface area contributed by atoms with Gasteiger partial charge in [-0.05, 0) is 20.2 Å². The molecule has 2 heterocycles. The van der Waals surface area contributed by atoms with Crippen molar-refractivity contribution in [2.45, 2.75) is 4.90 Å². The van der Waals surface area contributed by atoms with Crippen LogP contribution in [-0.4, -0.2) is 74.0 Å². The topological polar surface area (TPSA) is 26.8 Å². The molecule has 0 N–H and O–H groups in total. The number of hydrogen-bond acceptors (Lipinski definition) is 5. The van der Waals surface area contributed by atoms with E-state index in [2.05, 4.69) is 36.5 Å². The minimum absolute atomic E-state index is 0.151. The van der Waals surface area contributed by atoms with Crippen LogP contribution in [0.5, 0.6) is 0 Å². The van der Waals surface area contributed by atoms with Gasteiger partial charge in [0.25, 0.3) is 5.91 Å². The minimum Gasteiger partial charge on any atom is -0.335 e. The molecule has 6 heteroatoms. The molecule has 0 aliphatic carbocycles. The molecule has 1 aromatic rings. The van der Waals surface area contributed by atoms with Gasteiger partial charge in [0.1, 0.15) is 0 Å². The fourth-order valence-corrected chi connectivity index (χ4v) is 3.23. The van der Waals surface area contributed by atoms with Crippen LogP contribution in [0.25, 0.3) is 0 Å². The lowest BCUT2D eigenvalue weighted by Gasteiger charge is -2.35. The smallest absolute Gasteiger partial charge is 0.264 e. The first-order valence-electron chi connectivity index (χ1n) is 6.50. The van der Waals surface area contributed by atoms with E-state index in [4.69, 9.17) is 0 Å². The van der Waals surface area contributed by atoms with Gasteiger partial charge in [-0.2, -0.15) is 0 Å². The molecular formula is C13H21N3OS2. The molecule has 0 spiro atoms. The number of likely N-dealkylation sites (N-methyl/N-ethyl adjacent to an activating group) is 1. The Morgan fingerprint density at radius 1 is 1.37 bits per heavy atom. The van der Waals surface area contributed by atoms with Crippen LogP contribution in [0.1, 0.15) is 9.67 Å². The number of thiol groups is 1. The first-order valence-corrected chi connectivity index (χ1v) is 7.83. The quantitative estimate of drug-likeness (QED) is 0.851. The molecule has 1 aliphatic heterocycles. The van der Waals surface area contributed by atoms with Crippen molar-refractivity contribution in [3.63, 3.8) is 0 Å². The van der Waals surface area contributed by atoms with E-state index in [0.717, 1.165) is 49.0 Å². The summed E-state index contributed by atoms with van der Waals surface area (Å²) in [6.07, 6.45) is 0. The van der Waals surface area contributed by atoms with Crippen molar-refractivity contribution in [2.24, 2.45) is 0 Å². The van der Waals surface area contributed by atoms with Crippen LogP contribution in [0.4, 0.5) is 0 Å². The van der Waals surface area contributed by atoms with Crippen molar-refractivity contribution in [1.82, 2.24) is 14.7 Å². The standard InChI is InChI=1S/C13H21N3OS2/c1-14(2)3-4-15-5-7-16(8-6-15)13(17)12-9-11(18)10-19-12/h9-10,18H,3-8H2,1-2H3. The summed E-state index contributed by atoms with van der Waals surface area (Å²) in [5, 5.41) is 1.91. The molecule has 0 bridgehead atoms. The largest absolute Gasteiger partial charge is 0.335 e. The lowest BCUT2D eigenvalue weighted by Crippen LogP contribution is -2.49. The SMILES string of the molecule is CN(C)CCN1CCN(C(=O)c2cc(S)cs2)CC1. The third-order valence-electron chi connectivity index (χ3n) is 3.32. The third-order valence-corrected chi connectivity index (χ3v) is 4.67. The monoisotopic (exact) mass is 299 g/mol. The molecule has 0 radical (unpaired) electrons. The van der Waals surface area contributed by atoms with Gasteiger partial charge in [-0.15, -0.1) is 24.0 Å². The second-order valence-electron chi connectivity index (χ2n) is 5.11. The van der Waals surface area contributed by atoms with E-state index in [1.54, 1.807) is 0 Å². The van der Waals surface area contributed by atoms with Crippen molar-refractivity contribution in [1.29, 1.82) is 0 Å². The van der Waals surface area contributed by atoms with E-state index in [-0.39, 0.29) is 5.91 Å². The van der Waals surface area contributed by atoms with Gasteiger partial charge in [0, 0.05) is 49.5 Å². The Morgan fingerprint density at radius 2 is 2.05 bits per heavy atom. The molecule has 19 heavy (non-hydrogen) atoms. The van der Waals surface area contributed by atoms with Gasteiger partial charge in [0.15, 0.2) is 0 Å². The number of piperazine rings is 1. The summed E-state index contributed by atoms with van der Waals surface area (Å²) >= 11 is 5.73. The van der Waals surface area contributed by atoms with Gasteiger partial charge in [0.05, 0.1) is 4.88 Å². The van der Waals surface area contributed by atoms with Crippen LogP contribution in [0.2, 0.25) is 0 Å². The van der Waals surface area contributed by atoms with Crippen molar-refractivity contribution in [3.05, 3.63) is 16.3 Å². The van der Waals surface area contributed by atoms with E-state index >= 15 is 0 Å². The van der Waals surface area contributed by atoms with Crippen molar-refractivity contribution in [3.8, 4) is 0 Å². The molecule has 1 amide bonds. The second-order valence-corrected chi connectivity index (χ2v) is 6.53. The molecule has 106 valence electrons. The Kier molecular flexibility index (Phi) is 5.27. The normalized spacial score (nSPS) is 17.2. The lowest BCUT2D eigenvalue weighted by molar-refractivity contribution is 0.0634. The van der Waals surface area contributed by atoms with Gasteiger partial charge in [0.2, 0.25) is 0 Å². The maximum Gasteiger partial charge on any atom is 0.264 e. The molecule has 0 aromatic carbocycles. The van der Waals surface area contributed by atoms with Crippen LogP contribution in [-0.2, 0) is 0 Å². The Balaban J connectivity index is 1.81. The predicted molar refractivity (Wildman–Crippen MR) is 82.5 cm³/mol. The van der Waals surface area contributed by atoms with Gasteiger partial charge >= 0.3 is 0 Å². The number of thiophene rings is 1. The first-order chi connectivity index (χ1) is 9.06. The molecule has 0 saturated carbocycles. The Hall–Kier alpha value is -0.560. The van der Waals surface area contributed by atoms with E-state index in [1.165, 1.54) is 11.3 Å². The maximum atomic E-state index is 12.3.